The van der Waals surface area contributed by atoms with E-state index in [0.29, 0.717) is 6.42 Å². The smallest absolute Gasteiger partial charge is 0.241 e. The first-order valence-electron chi connectivity index (χ1n) is 4.85. The van der Waals surface area contributed by atoms with Crippen LogP contribution in [-0.2, 0) is 4.79 Å². The van der Waals surface area contributed by atoms with Crippen LogP contribution in [0.25, 0.3) is 0 Å². The third-order valence-corrected chi connectivity index (χ3v) is 2.16. The largest absolute Gasteiger partial charge is 0.323 e. The minimum Gasteiger partial charge on any atom is -0.323 e. The monoisotopic (exact) mass is 221 g/mol. The van der Waals surface area contributed by atoms with Crippen LogP contribution >= 0.6 is 0 Å². The lowest BCUT2D eigenvalue weighted by Crippen LogP contribution is -2.35. The molecule has 0 bridgehead atoms. The average molecular weight is 221 g/mol. The Labute approximate surface area is 92.9 Å². The van der Waals surface area contributed by atoms with Crippen molar-refractivity contribution in [1.82, 2.24) is 0 Å². The second-order valence-corrected chi connectivity index (χ2v) is 3.28. The Kier molecular flexibility index (Phi) is 3.97. The molecule has 4 nitrogen and oxygen atoms in total. The molecule has 0 spiro atoms. The molecule has 0 heterocycles. The van der Waals surface area contributed by atoms with Crippen molar-refractivity contribution in [2.75, 3.05) is 5.32 Å². The first kappa shape index (κ1) is 12.1. The van der Waals surface area contributed by atoms with Gasteiger partial charge in [-0.2, -0.15) is 5.26 Å². The Hall–Kier alpha value is -1.93. The van der Waals surface area contributed by atoms with Crippen LogP contribution in [0.3, 0.4) is 0 Å². The molecule has 0 fully saturated rings. The first-order valence-corrected chi connectivity index (χ1v) is 4.85. The Balaban J connectivity index is 2.94. The molecule has 0 aliphatic rings. The summed E-state index contributed by atoms with van der Waals surface area (Å²) in [5.41, 5.74) is 5.47. The van der Waals surface area contributed by atoms with Gasteiger partial charge in [0.15, 0.2) is 0 Å². The van der Waals surface area contributed by atoms with E-state index in [1.54, 1.807) is 13.0 Å². The second kappa shape index (κ2) is 5.24. The van der Waals surface area contributed by atoms with Gasteiger partial charge in [0.25, 0.3) is 0 Å². The fraction of sp³-hybridized carbons (Fsp3) is 0.273. The number of hydrogen-bond donors (Lipinski definition) is 2. The van der Waals surface area contributed by atoms with E-state index < -0.39 is 17.8 Å². The maximum absolute atomic E-state index is 13.2. The summed E-state index contributed by atoms with van der Waals surface area (Å²) >= 11 is 0. The van der Waals surface area contributed by atoms with Crippen LogP contribution in [0, 0.1) is 17.1 Å². The SMILES string of the molecule is CC[C@@H](N)C(=O)Nc1cccc(F)c1C#N. The van der Waals surface area contributed by atoms with Gasteiger partial charge in [-0.25, -0.2) is 4.39 Å². The van der Waals surface area contributed by atoms with Crippen molar-refractivity contribution in [3.63, 3.8) is 0 Å². The van der Waals surface area contributed by atoms with E-state index in [2.05, 4.69) is 5.32 Å². The number of hydrogen-bond acceptors (Lipinski definition) is 3. The molecule has 0 aliphatic carbocycles. The molecule has 5 heteroatoms. The predicted octanol–water partition coefficient (Wildman–Crippen LogP) is 1.37. The molecule has 1 aromatic carbocycles. The summed E-state index contributed by atoms with van der Waals surface area (Å²) in [6.45, 7) is 1.76. The Bertz CT molecular complexity index is 439. The highest BCUT2D eigenvalue weighted by Gasteiger charge is 2.14. The number of nitrogens with zero attached hydrogens (tertiary/aromatic N) is 1. The number of benzene rings is 1. The fourth-order valence-electron chi connectivity index (χ4n) is 1.15. The highest BCUT2D eigenvalue weighted by Crippen LogP contribution is 2.17. The van der Waals surface area contributed by atoms with Gasteiger partial charge in [0.05, 0.1) is 11.7 Å². The van der Waals surface area contributed by atoms with Crippen molar-refractivity contribution in [3.05, 3.63) is 29.6 Å². The molecule has 0 unspecified atom stereocenters. The first-order chi connectivity index (χ1) is 7.60. The number of carbonyl (C=O) groups is 1. The van der Waals surface area contributed by atoms with Gasteiger partial charge in [-0.15, -0.1) is 0 Å². The van der Waals surface area contributed by atoms with Crippen LogP contribution in [0.15, 0.2) is 18.2 Å². The van der Waals surface area contributed by atoms with Gasteiger partial charge in [-0.3, -0.25) is 4.79 Å². The average Bonchev–Trinajstić information content (AvgIpc) is 2.28. The van der Waals surface area contributed by atoms with E-state index in [1.807, 2.05) is 0 Å². The van der Waals surface area contributed by atoms with Crippen LogP contribution in [0.5, 0.6) is 0 Å². The fourth-order valence-corrected chi connectivity index (χ4v) is 1.15. The molecule has 1 aromatic rings. The maximum Gasteiger partial charge on any atom is 0.241 e. The van der Waals surface area contributed by atoms with Gasteiger partial charge in [0, 0.05) is 0 Å². The third kappa shape index (κ3) is 2.55. The number of nitriles is 1. The molecule has 3 N–H and O–H groups in total. The third-order valence-electron chi connectivity index (χ3n) is 2.16. The molecule has 0 aromatic heterocycles. The zero-order chi connectivity index (χ0) is 12.1. The highest BCUT2D eigenvalue weighted by molar-refractivity contribution is 5.95. The summed E-state index contributed by atoms with van der Waals surface area (Å²) in [7, 11) is 0. The van der Waals surface area contributed by atoms with Crippen molar-refractivity contribution < 1.29 is 9.18 Å². The predicted molar refractivity (Wildman–Crippen MR) is 58.0 cm³/mol. The molecular formula is C11H12FN3O. The van der Waals surface area contributed by atoms with Crippen LogP contribution in [0.2, 0.25) is 0 Å². The lowest BCUT2D eigenvalue weighted by Gasteiger charge is -2.11. The van der Waals surface area contributed by atoms with Gasteiger partial charge in [0.2, 0.25) is 5.91 Å². The Morgan fingerprint density at radius 3 is 2.94 bits per heavy atom. The van der Waals surface area contributed by atoms with Crippen LogP contribution in [-0.4, -0.2) is 11.9 Å². The number of amides is 1. The minimum absolute atomic E-state index is 0.149. The van der Waals surface area contributed by atoms with Gasteiger partial charge < -0.3 is 11.1 Å². The maximum atomic E-state index is 13.2. The normalized spacial score (nSPS) is 11.6. The van der Waals surface area contributed by atoms with Gasteiger partial charge in [0.1, 0.15) is 17.4 Å². The summed E-state index contributed by atoms with van der Waals surface area (Å²) in [6.07, 6.45) is 0.475. The second-order valence-electron chi connectivity index (χ2n) is 3.28. The quantitative estimate of drug-likeness (QED) is 0.809. The van der Waals surface area contributed by atoms with Crippen molar-refractivity contribution >= 4 is 11.6 Å². The van der Waals surface area contributed by atoms with Gasteiger partial charge >= 0.3 is 0 Å². The molecule has 0 saturated carbocycles. The number of nitrogens with two attached hydrogens (primary N) is 1. The summed E-state index contributed by atoms with van der Waals surface area (Å²) in [6, 6.07) is 5.08. The standard InChI is InChI=1S/C11H12FN3O/c1-2-9(14)11(16)15-10-5-3-4-8(12)7(10)6-13/h3-5,9H,2,14H2,1H3,(H,15,16)/t9-/m1/s1. The van der Waals surface area contributed by atoms with Crippen LogP contribution < -0.4 is 11.1 Å². The molecule has 1 amide bonds. The number of nitrogens with one attached hydrogen (secondary N) is 1. The lowest BCUT2D eigenvalue weighted by atomic mass is 10.1. The van der Waals surface area contributed by atoms with Crippen molar-refractivity contribution in [2.24, 2.45) is 5.73 Å². The van der Waals surface area contributed by atoms with Crippen molar-refractivity contribution in [1.29, 1.82) is 5.26 Å². The van der Waals surface area contributed by atoms with E-state index in [1.165, 1.54) is 12.1 Å². The van der Waals surface area contributed by atoms with E-state index in [4.69, 9.17) is 11.0 Å². The topological polar surface area (TPSA) is 78.9 Å². The number of rotatable bonds is 3. The van der Waals surface area contributed by atoms with Crippen molar-refractivity contribution in [2.45, 2.75) is 19.4 Å². The number of anilines is 1. The van der Waals surface area contributed by atoms with Gasteiger partial charge in [-0.1, -0.05) is 13.0 Å². The minimum atomic E-state index is -0.662. The lowest BCUT2D eigenvalue weighted by molar-refractivity contribution is -0.117. The van der Waals surface area contributed by atoms with E-state index in [9.17, 15) is 9.18 Å². The molecule has 0 saturated heterocycles. The Morgan fingerprint density at radius 2 is 2.38 bits per heavy atom. The van der Waals surface area contributed by atoms with Crippen LogP contribution in [0.4, 0.5) is 10.1 Å². The highest BCUT2D eigenvalue weighted by atomic mass is 19.1. The molecule has 1 rings (SSSR count). The van der Waals surface area contributed by atoms with Gasteiger partial charge in [-0.05, 0) is 18.6 Å². The zero-order valence-corrected chi connectivity index (χ0v) is 8.83. The van der Waals surface area contributed by atoms with Crippen LogP contribution in [0.1, 0.15) is 18.9 Å². The summed E-state index contributed by atoms with van der Waals surface area (Å²) in [5, 5.41) is 11.2. The molecule has 16 heavy (non-hydrogen) atoms. The van der Waals surface area contributed by atoms with Crippen molar-refractivity contribution in [3.8, 4) is 6.07 Å². The number of halogens is 1. The molecule has 0 radical (unpaired) electrons. The summed E-state index contributed by atoms with van der Waals surface area (Å²) < 4.78 is 13.2. The zero-order valence-electron chi connectivity index (χ0n) is 8.83. The van der Waals surface area contributed by atoms with E-state index >= 15 is 0 Å². The summed E-state index contributed by atoms with van der Waals surface area (Å²) in [4.78, 5) is 11.5. The molecular weight excluding hydrogens is 209 g/mol. The van der Waals surface area contributed by atoms with E-state index in [0.717, 1.165) is 6.07 Å². The molecule has 84 valence electrons. The van der Waals surface area contributed by atoms with E-state index in [-0.39, 0.29) is 11.3 Å². The summed E-state index contributed by atoms with van der Waals surface area (Å²) in [5.74, 6) is -1.09. The molecule has 1 atom stereocenters. The molecule has 0 aliphatic heterocycles. The number of carbonyl (C=O) groups excluding carboxylic acids is 1. The Morgan fingerprint density at radius 1 is 1.69 bits per heavy atom.